The maximum Gasteiger partial charge on any atom is 0.161 e. The van der Waals surface area contributed by atoms with Gasteiger partial charge in [0.2, 0.25) is 0 Å². The number of aliphatic hydroxyl groups excluding tert-OH is 2. The van der Waals surface area contributed by atoms with E-state index >= 15 is 0 Å². The Hall–Kier alpha value is -0.410. The van der Waals surface area contributed by atoms with Gasteiger partial charge in [0, 0.05) is 13.0 Å². The molecule has 0 bridgehead atoms. The first-order chi connectivity index (χ1) is 4.74. The number of ketones is 1. The summed E-state index contributed by atoms with van der Waals surface area (Å²) in [5, 5.41) is 17.7. The second-order valence-corrected chi connectivity index (χ2v) is 2.81. The highest BCUT2D eigenvalue weighted by molar-refractivity contribution is 5.83. The van der Waals surface area contributed by atoms with E-state index < -0.39 is 6.10 Å². The molecule has 0 heterocycles. The van der Waals surface area contributed by atoms with Crippen molar-refractivity contribution in [2.24, 2.45) is 5.92 Å². The first-order valence-corrected chi connectivity index (χ1v) is 3.55. The van der Waals surface area contributed by atoms with E-state index in [4.69, 9.17) is 10.2 Å². The zero-order chi connectivity index (χ0) is 7.56. The summed E-state index contributed by atoms with van der Waals surface area (Å²) in [5.74, 6) is 0.0531. The van der Waals surface area contributed by atoms with Crippen LogP contribution in [-0.2, 0) is 4.79 Å². The molecule has 1 rings (SSSR count). The Morgan fingerprint density at radius 3 is 2.80 bits per heavy atom. The van der Waals surface area contributed by atoms with Crippen molar-refractivity contribution in [3.05, 3.63) is 0 Å². The van der Waals surface area contributed by atoms with Gasteiger partial charge in [0.1, 0.15) is 6.10 Å². The molecule has 0 aromatic carbocycles. The number of rotatable bonds is 1. The van der Waals surface area contributed by atoms with Crippen LogP contribution in [0.5, 0.6) is 0 Å². The quantitative estimate of drug-likeness (QED) is 0.531. The SMILES string of the molecule is O=C1CCC(CO)CC1O. The zero-order valence-corrected chi connectivity index (χ0v) is 5.79. The molecule has 2 unspecified atom stereocenters. The second-order valence-electron chi connectivity index (χ2n) is 2.81. The molecule has 2 atom stereocenters. The fourth-order valence-electron chi connectivity index (χ4n) is 1.24. The van der Waals surface area contributed by atoms with E-state index in [0.29, 0.717) is 12.8 Å². The first kappa shape index (κ1) is 7.69. The van der Waals surface area contributed by atoms with Crippen molar-refractivity contribution in [3.8, 4) is 0 Å². The van der Waals surface area contributed by atoms with Gasteiger partial charge in [-0.15, -0.1) is 0 Å². The Morgan fingerprint density at radius 1 is 1.60 bits per heavy atom. The van der Waals surface area contributed by atoms with Crippen LogP contribution in [0.25, 0.3) is 0 Å². The summed E-state index contributed by atoms with van der Waals surface area (Å²) in [5.41, 5.74) is 0. The highest BCUT2D eigenvalue weighted by atomic mass is 16.3. The lowest BCUT2D eigenvalue weighted by molar-refractivity contribution is -0.131. The van der Waals surface area contributed by atoms with E-state index in [1.165, 1.54) is 0 Å². The zero-order valence-electron chi connectivity index (χ0n) is 5.79. The Balaban J connectivity index is 2.40. The molecule has 0 aliphatic heterocycles. The number of hydrogen-bond acceptors (Lipinski definition) is 3. The Bertz CT molecular complexity index is 133. The van der Waals surface area contributed by atoms with E-state index in [9.17, 15) is 4.79 Å². The third kappa shape index (κ3) is 1.55. The number of hydrogen-bond donors (Lipinski definition) is 2. The lowest BCUT2D eigenvalue weighted by Gasteiger charge is -2.22. The van der Waals surface area contributed by atoms with Crippen molar-refractivity contribution in [1.29, 1.82) is 0 Å². The van der Waals surface area contributed by atoms with Crippen molar-refractivity contribution in [1.82, 2.24) is 0 Å². The largest absolute Gasteiger partial charge is 0.396 e. The maximum absolute atomic E-state index is 10.7. The van der Waals surface area contributed by atoms with Gasteiger partial charge < -0.3 is 10.2 Å². The molecule has 1 aliphatic rings. The van der Waals surface area contributed by atoms with E-state index in [1.807, 2.05) is 0 Å². The monoisotopic (exact) mass is 144 g/mol. The van der Waals surface area contributed by atoms with Crippen LogP contribution in [0, 0.1) is 5.92 Å². The predicted molar refractivity (Wildman–Crippen MR) is 35.4 cm³/mol. The fourth-order valence-corrected chi connectivity index (χ4v) is 1.24. The van der Waals surface area contributed by atoms with Crippen LogP contribution in [0.2, 0.25) is 0 Å². The minimum Gasteiger partial charge on any atom is -0.396 e. The average Bonchev–Trinajstić information content (AvgIpc) is 1.95. The molecule has 0 aromatic heterocycles. The smallest absolute Gasteiger partial charge is 0.161 e. The number of Topliss-reactive ketones (excluding diaryl/α,β-unsaturated/α-hetero) is 1. The van der Waals surface area contributed by atoms with Crippen LogP contribution in [0.15, 0.2) is 0 Å². The molecule has 58 valence electrons. The summed E-state index contributed by atoms with van der Waals surface area (Å²) in [6.07, 6.45) is 0.777. The molecule has 0 radical (unpaired) electrons. The normalized spacial score (nSPS) is 34.4. The lowest BCUT2D eigenvalue weighted by Crippen LogP contribution is -2.30. The van der Waals surface area contributed by atoms with Gasteiger partial charge in [0.25, 0.3) is 0 Å². The Labute approximate surface area is 59.7 Å². The number of carbonyl (C=O) groups excluding carboxylic acids is 1. The van der Waals surface area contributed by atoms with E-state index in [0.717, 1.165) is 6.42 Å². The van der Waals surface area contributed by atoms with Gasteiger partial charge in [-0.3, -0.25) is 4.79 Å². The van der Waals surface area contributed by atoms with Gasteiger partial charge in [0.15, 0.2) is 5.78 Å². The van der Waals surface area contributed by atoms with Crippen LogP contribution in [-0.4, -0.2) is 28.7 Å². The van der Waals surface area contributed by atoms with Gasteiger partial charge in [0.05, 0.1) is 0 Å². The Morgan fingerprint density at radius 2 is 2.30 bits per heavy atom. The summed E-state index contributed by atoms with van der Waals surface area (Å²) < 4.78 is 0. The number of aliphatic hydroxyl groups is 2. The van der Waals surface area contributed by atoms with Gasteiger partial charge in [-0.1, -0.05) is 0 Å². The maximum atomic E-state index is 10.7. The molecule has 10 heavy (non-hydrogen) atoms. The standard InChI is InChI=1S/C7H12O3/c8-4-5-1-2-6(9)7(10)3-5/h5,7-8,10H,1-4H2. The number of carbonyl (C=O) groups is 1. The summed E-state index contributed by atoms with van der Waals surface area (Å²) in [4.78, 5) is 10.7. The van der Waals surface area contributed by atoms with Crippen LogP contribution in [0.4, 0.5) is 0 Å². The van der Waals surface area contributed by atoms with Crippen molar-refractivity contribution in [3.63, 3.8) is 0 Å². The van der Waals surface area contributed by atoms with Crippen LogP contribution < -0.4 is 0 Å². The van der Waals surface area contributed by atoms with Gasteiger partial charge in [-0.05, 0) is 18.8 Å². The molecule has 2 N–H and O–H groups in total. The van der Waals surface area contributed by atoms with E-state index in [-0.39, 0.29) is 18.3 Å². The average molecular weight is 144 g/mol. The van der Waals surface area contributed by atoms with Gasteiger partial charge >= 0.3 is 0 Å². The van der Waals surface area contributed by atoms with Crippen molar-refractivity contribution < 1.29 is 15.0 Å². The molecule has 3 nitrogen and oxygen atoms in total. The first-order valence-electron chi connectivity index (χ1n) is 3.55. The molecule has 1 aliphatic carbocycles. The molecular formula is C7H12O3. The van der Waals surface area contributed by atoms with Crippen molar-refractivity contribution >= 4 is 5.78 Å². The Kier molecular flexibility index (Phi) is 2.40. The summed E-state index contributed by atoms with van der Waals surface area (Å²) in [6, 6.07) is 0. The molecule has 0 saturated heterocycles. The molecule has 0 aromatic rings. The summed E-state index contributed by atoms with van der Waals surface area (Å²) >= 11 is 0. The van der Waals surface area contributed by atoms with Crippen molar-refractivity contribution in [2.75, 3.05) is 6.61 Å². The predicted octanol–water partition coefficient (Wildman–Crippen LogP) is -0.291. The summed E-state index contributed by atoms with van der Waals surface area (Å²) in [6.45, 7) is 0.0876. The third-order valence-corrected chi connectivity index (χ3v) is 1.99. The molecule has 3 heteroatoms. The van der Waals surface area contributed by atoms with Gasteiger partial charge in [-0.2, -0.15) is 0 Å². The van der Waals surface area contributed by atoms with Crippen molar-refractivity contribution in [2.45, 2.75) is 25.4 Å². The van der Waals surface area contributed by atoms with Crippen LogP contribution >= 0.6 is 0 Å². The molecule has 0 amide bonds. The van der Waals surface area contributed by atoms with Crippen LogP contribution in [0.1, 0.15) is 19.3 Å². The molecule has 0 spiro atoms. The highest BCUT2D eigenvalue weighted by Gasteiger charge is 2.25. The molecule has 1 fully saturated rings. The van der Waals surface area contributed by atoms with Crippen LogP contribution in [0.3, 0.4) is 0 Å². The van der Waals surface area contributed by atoms with E-state index in [2.05, 4.69) is 0 Å². The minimum absolute atomic E-state index is 0.0790. The van der Waals surface area contributed by atoms with E-state index in [1.54, 1.807) is 0 Å². The second kappa shape index (κ2) is 3.12. The molecular weight excluding hydrogens is 132 g/mol. The highest BCUT2D eigenvalue weighted by Crippen LogP contribution is 2.20. The van der Waals surface area contributed by atoms with Gasteiger partial charge in [-0.25, -0.2) is 0 Å². The summed E-state index contributed by atoms with van der Waals surface area (Å²) in [7, 11) is 0. The molecule has 1 saturated carbocycles. The fraction of sp³-hybridized carbons (Fsp3) is 0.857. The minimum atomic E-state index is -0.814. The lowest BCUT2D eigenvalue weighted by atomic mass is 9.87. The third-order valence-electron chi connectivity index (χ3n) is 1.99. The topological polar surface area (TPSA) is 57.5 Å².